The molecule has 0 amide bonds. The van der Waals surface area contributed by atoms with Crippen LogP contribution in [0.5, 0.6) is 0 Å². The number of aromatic nitrogens is 2. The molecule has 1 aromatic heterocycles. The third kappa shape index (κ3) is 5.67. The quantitative estimate of drug-likeness (QED) is 0.549. The summed E-state index contributed by atoms with van der Waals surface area (Å²) in [5, 5.41) is 12.3. The zero-order valence-electron chi connectivity index (χ0n) is 16.3. The van der Waals surface area contributed by atoms with E-state index in [2.05, 4.69) is 38.8 Å². The van der Waals surface area contributed by atoms with Crippen molar-refractivity contribution in [3.63, 3.8) is 0 Å². The van der Waals surface area contributed by atoms with Crippen LogP contribution >= 0.6 is 0 Å². The van der Waals surface area contributed by atoms with Gasteiger partial charge in [0.2, 0.25) is 0 Å². The molecule has 10 heteroatoms. The topological polar surface area (TPSA) is 96.4 Å². The van der Waals surface area contributed by atoms with E-state index >= 15 is 0 Å². The number of ether oxygens (including phenoxy) is 1. The molecule has 0 aromatic carbocycles. The summed E-state index contributed by atoms with van der Waals surface area (Å²) in [4.78, 5) is 25.6. The van der Waals surface area contributed by atoms with Gasteiger partial charge in [0.25, 0.3) is 5.56 Å². The van der Waals surface area contributed by atoms with E-state index in [-0.39, 0.29) is 53.5 Å². The average molecular weight is 415 g/mol. The number of H-pyrrole nitrogens is 1. The third-order valence-electron chi connectivity index (χ3n) is 5.05. The van der Waals surface area contributed by atoms with Gasteiger partial charge < -0.3 is 26.7 Å². The molecule has 0 unspecified atom stereocenters. The first kappa shape index (κ1) is 25.8. The van der Waals surface area contributed by atoms with Crippen molar-refractivity contribution < 1.29 is 26.7 Å². The zero-order chi connectivity index (χ0) is 18.3. The van der Waals surface area contributed by atoms with Gasteiger partial charge in [0.15, 0.2) is 8.32 Å². The second-order valence-corrected chi connectivity index (χ2v) is 12.8. The smallest absolute Gasteiger partial charge is 1.00 e. The molecule has 1 aromatic rings. The Balaban J connectivity index is 0.00000312. The molecule has 0 saturated carbocycles. The molecule has 2 heterocycles. The van der Waals surface area contributed by atoms with E-state index in [4.69, 9.17) is 9.16 Å². The number of aromatic amines is 1. The molecule has 1 fully saturated rings. The van der Waals surface area contributed by atoms with Gasteiger partial charge in [0, 0.05) is 11.8 Å². The molecule has 2 rings (SSSR count). The second-order valence-electron chi connectivity index (χ2n) is 7.95. The number of nitrogens with zero attached hydrogens (tertiary/aromatic N) is 1. The molecule has 0 aliphatic carbocycles. The summed E-state index contributed by atoms with van der Waals surface area (Å²) in [6.07, 6.45) is -0.599. The van der Waals surface area contributed by atoms with Crippen molar-refractivity contribution in [2.75, 3.05) is 6.61 Å². The second kappa shape index (κ2) is 9.35. The molecule has 1 aliphatic rings. The van der Waals surface area contributed by atoms with Crippen molar-refractivity contribution in [2.24, 2.45) is 0 Å². The fourth-order valence-corrected chi connectivity index (χ4v) is 3.34. The minimum atomic E-state index is -1.97. The van der Waals surface area contributed by atoms with Crippen molar-refractivity contribution in [2.45, 2.75) is 70.7 Å². The van der Waals surface area contributed by atoms with E-state index in [1.54, 1.807) is 6.92 Å². The van der Waals surface area contributed by atoms with Gasteiger partial charge in [0.05, 0.1) is 12.7 Å². The normalized spacial score (nSPS) is 23.3. The van der Waals surface area contributed by atoms with Crippen LogP contribution in [0.4, 0.5) is 0 Å². The van der Waals surface area contributed by atoms with Gasteiger partial charge in [-0.2, -0.15) is 0 Å². The van der Waals surface area contributed by atoms with Crippen LogP contribution in [0, 0.1) is 6.92 Å². The molecule has 1 N–H and O–H groups in total. The first-order valence-corrected chi connectivity index (χ1v) is 11.1. The summed E-state index contributed by atoms with van der Waals surface area (Å²) in [5.74, 6) is 0. The predicted octanol–water partition coefficient (Wildman–Crippen LogP) is -2.49. The first-order valence-electron chi connectivity index (χ1n) is 8.19. The van der Waals surface area contributed by atoms with Crippen LogP contribution in [0.1, 0.15) is 39.0 Å². The summed E-state index contributed by atoms with van der Waals surface area (Å²) in [6.45, 7) is 12.5. The van der Waals surface area contributed by atoms with E-state index in [1.165, 1.54) is 10.8 Å². The Morgan fingerprint density at radius 1 is 1.38 bits per heavy atom. The van der Waals surface area contributed by atoms with E-state index in [0.29, 0.717) is 5.56 Å². The molecule has 1 aliphatic heterocycles. The molecule has 26 heavy (non-hydrogen) atoms. The summed E-state index contributed by atoms with van der Waals surface area (Å²) in [5.41, 5.74) is -0.582. The van der Waals surface area contributed by atoms with Gasteiger partial charge in [-0.15, -0.1) is 0 Å². The van der Waals surface area contributed by atoms with Crippen molar-refractivity contribution in [1.82, 2.24) is 9.55 Å². The maximum atomic E-state index is 12.3. The molecule has 144 valence electrons. The molecule has 7 nitrogen and oxygen atoms in total. The molecule has 0 spiro atoms. The Morgan fingerprint density at radius 3 is 2.50 bits per heavy atom. The summed E-state index contributed by atoms with van der Waals surface area (Å²) < 4.78 is 13.1. The monoisotopic (exact) mass is 414 g/mol. The molecule has 3 atom stereocenters. The Labute approximate surface area is 177 Å². The van der Waals surface area contributed by atoms with Crippen molar-refractivity contribution in [3.05, 3.63) is 32.6 Å². The SMILES string of the molecule is Cc1cn([C@H]2C[C@H]([O-])[C@@H](CO[Si](C)(C)C(C)(C)C)O2)c(=O)[nH]c1=O.[Cl-].[Mg+2]. The largest absolute Gasteiger partial charge is 2.00 e. The Bertz CT molecular complexity index is 716. The van der Waals surface area contributed by atoms with Crippen LogP contribution in [0.3, 0.4) is 0 Å². The summed E-state index contributed by atoms with van der Waals surface area (Å²) in [7, 11) is -1.97. The van der Waals surface area contributed by atoms with Crippen LogP contribution in [0.15, 0.2) is 15.8 Å². The van der Waals surface area contributed by atoms with E-state index in [1.807, 2.05) is 0 Å². The van der Waals surface area contributed by atoms with Crippen molar-refractivity contribution in [1.29, 1.82) is 0 Å². The molecule has 0 bridgehead atoms. The van der Waals surface area contributed by atoms with Crippen LogP contribution < -0.4 is 28.8 Å². The molecular weight excluding hydrogens is 388 g/mol. The number of hydrogen-bond donors (Lipinski definition) is 1. The summed E-state index contributed by atoms with van der Waals surface area (Å²) in [6, 6.07) is 0. The number of rotatable bonds is 4. The predicted molar refractivity (Wildman–Crippen MR) is 97.3 cm³/mol. The number of halogens is 1. The van der Waals surface area contributed by atoms with E-state index in [9.17, 15) is 14.7 Å². The zero-order valence-corrected chi connectivity index (χ0v) is 19.5. The average Bonchev–Trinajstić information content (AvgIpc) is 2.80. The van der Waals surface area contributed by atoms with Gasteiger partial charge in [0.1, 0.15) is 6.23 Å². The molecular formula is C16H27ClMgN2O5Si. The van der Waals surface area contributed by atoms with Crippen molar-refractivity contribution in [3.8, 4) is 0 Å². The van der Waals surface area contributed by atoms with E-state index < -0.39 is 38.0 Å². The van der Waals surface area contributed by atoms with Crippen LogP contribution in [-0.2, 0) is 9.16 Å². The Kier molecular flexibility index (Phi) is 9.29. The minimum Gasteiger partial charge on any atom is -1.00 e. The number of hydrogen-bond acceptors (Lipinski definition) is 5. The van der Waals surface area contributed by atoms with Gasteiger partial charge in [-0.3, -0.25) is 14.3 Å². The van der Waals surface area contributed by atoms with Gasteiger partial charge in [-0.1, -0.05) is 26.9 Å². The maximum absolute atomic E-state index is 12.3. The fourth-order valence-electron chi connectivity index (χ4n) is 2.33. The van der Waals surface area contributed by atoms with Crippen molar-refractivity contribution >= 4 is 31.4 Å². The summed E-state index contributed by atoms with van der Waals surface area (Å²) >= 11 is 0. The number of aryl methyl sites for hydroxylation is 1. The van der Waals surface area contributed by atoms with E-state index in [0.717, 1.165) is 0 Å². The van der Waals surface area contributed by atoms with Gasteiger partial charge in [-0.05, 0) is 31.5 Å². The third-order valence-corrected chi connectivity index (χ3v) is 9.55. The van der Waals surface area contributed by atoms with Crippen LogP contribution in [-0.4, -0.2) is 59.7 Å². The standard InChI is InChI=1S/C16H27N2O5Si.ClH.Mg/c1-10-8-18(15(21)17-14(10)20)13-7-11(19)12(23-13)9-22-24(5,6)16(2,3)4;;/h8,11-13H,7,9H2,1-6H3,(H,17,20,21);1H;/q-1;;+2/p-1/t11-,12+,13+;;/m0../s1. The van der Waals surface area contributed by atoms with Gasteiger partial charge in [-0.25, -0.2) is 4.79 Å². The molecule has 0 radical (unpaired) electrons. The van der Waals surface area contributed by atoms with Crippen LogP contribution in [0.2, 0.25) is 18.1 Å². The Morgan fingerprint density at radius 2 is 1.96 bits per heavy atom. The Hall–Kier alpha value is -0.167. The number of nitrogens with one attached hydrogen (secondary N) is 1. The minimum absolute atomic E-state index is 0. The van der Waals surface area contributed by atoms with Crippen LogP contribution in [0.25, 0.3) is 0 Å². The first-order chi connectivity index (χ1) is 10.9. The maximum Gasteiger partial charge on any atom is 2.00 e. The van der Waals surface area contributed by atoms with Gasteiger partial charge >= 0.3 is 28.7 Å². The molecule has 1 saturated heterocycles. The fraction of sp³-hybridized carbons (Fsp3) is 0.750.